The van der Waals surface area contributed by atoms with Gasteiger partial charge in [0.05, 0.1) is 0 Å². The van der Waals surface area contributed by atoms with Gasteiger partial charge in [-0.2, -0.15) is 5.10 Å². The lowest BCUT2D eigenvalue weighted by Crippen LogP contribution is -2.46. The van der Waals surface area contributed by atoms with Crippen LogP contribution in [-0.2, 0) is 0 Å². The van der Waals surface area contributed by atoms with Gasteiger partial charge in [-0.3, -0.25) is 9.89 Å². The molecule has 0 aromatic carbocycles. The van der Waals surface area contributed by atoms with Crippen LogP contribution in [0.2, 0.25) is 0 Å². The molecule has 1 aromatic rings. The lowest BCUT2D eigenvalue weighted by Gasteiger charge is -2.36. The largest absolute Gasteiger partial charge is 0.396 e. The third-order valence-electron chi connectivity index (χ3n) is 5.91. The Balaban J connectivity index is 1.51. The van der Waals surface area contributed by atoms with Crippen molar-refractivity contribution in [1.29, 1.82) is 0 Å². The van der Waals surface area contributed by atoms with Gasteiger partial charge in [-0.15, -0.1) is 0 Å². The van der Waals surface area contributed by atoms with Crippen LogP contribution in [0.3, 0.4) is 0 Å². The highest BCUT2D eigenvalue weighted by molar-refractivity contribution is 5.92. The SMILES string of the molecule is CN(CCCO)C1CCN(C(=O)c2cc(C3CCCCC3)[nH]n2)CC1. The summed E-state index contributed by atoms with van der Waals surface area (Å²) in [5, 5.41) is 16.4. The van der Waals surface area contributed by atoms with Crippen molar-refractivity contribution in [2.45, 2.75) is 63.3 Å². The first kappa shape index (κ1) is 18.4. The number of likely N-dealkylation sites (tertiary alicyclic amines) is 1. The van der Waals surface area contributed by atoms with E-state index < -0.39 is 0 Å². The maximum absolute atomic E-state index is 12.7. The summed E-state index contributed by atoms with van der Waals surface area (Å²) in [4.78, 5) is 17.0. The van der Waals surface area contributed by atoms with Crippen LogP contribution in [0, 0.1) is 0 Å². The second-order valence-corrected chi connectivity index (χ2v) is 7.62. The van der Waals surface area contributed by atoms with Crippen molar-refractivity contribution in [2.24, 2.45) is 0 Å². The molecule has 1 saturated carbocycles. The highest BCUT2D eigenvalue weighted by atomic mass is 16.3. The number of hydrogen-bond donors (Lipinski definition) is 2. The zero-order valence-electron chi connectivity index (χ0n) is 15.4. The van der Waals surface area contributed by atoms with Gasteiger partial charge in [0.25, 0.3) is 5.91 Å². The van der Waals surface area contributed by atoms with Crippen LogP contribution in [0.15, 0.2) is 6.07 Å². The quantitative estimate of drug-likeness (QED) is 0.828. The Morgan fingerprint density at radius 3 is 2.68 bits per heavy atom. The van der Waals surface area contributed by atoms with Gasteiger partial charge in [0.2, 0.25) is 0 Å². The molecule has 1 amide bonds. The molecule has 1 aliphatic carbocycles. The molecular weight excluding hydrogens is 316 g/mol. The monoisotopic (exact) mass is 348 g/mol. The smallest absolute Gasteiger partial charge is 0.274 e. The molecule has 6 nitrogen and oxygen atoms in total. The average Bonchev–Trinajstić information content (AvgIpc) is 3.16. The first-order chi connectivity index (χ1) is 12.2. The van der Waals surface area contributed by atoms with Crippen molar-refractivity contribution < 1.29 is 9.90 Å². The van der Waals surface area contributed by atoms with Gasteiger partial charge in [-0.1, -0.05) is 19.3 Å². The summed E-state index contributed by atoms with van der Waals surface area (Å²) < 4.78 is 0. The van der Waals surface area contributed by atoms with Gasteiger partial charge in [0, 0.05) is 43.9 Å². The fourth-order valence-corrected chi connectivity index (χ4v) is 4.24. The number of rotatable bonds is 6. The van der Waals surface area contributed by atoms with Crippen LogP contribution >= 0.6 is 0 Å². The number of aliphatic hydroxyl groups is 1. The third kappa shape index (κ3) is 4.61. The lowest BCUT2D eigenvalue weighted by atomic mass is 9.87. The Bertz CT molecular complexity index is 545. The van der Waals surface area contributed by atoms with E-state index in [0.29, 0.717) is 17.7 Å². The fraction of sp³-hybridized carbons (Fsp3) is 0.789. The zero-order valence-corrected chi connectivity index (χ0v) is 15.4. The Morgan fingerprint density at radius 2 is 2.00 bits per heavy atom. The summed E-state index contributed by atoms with van der Waals surface area (Å²) in [5.74, 6) is 0.614. The molecule has 25 heavy (non-hydrogen) atoms. The van der Waals surface area contributed by atoms with E-state index in [2.05, 4.69) is 22.1 Å². The predicted molar refractivity (Wildman–Crippen MR) is 97.7 cm³/mol. The van der Waals surface area contributed by atoms with Gasteiger partial charge >= 0.3 is 0 Å². The molecule has 0 bridgehead atoms. The first-order valence-corrected chi connectivity index (χ1v) is 9.84. The minimum atomic E-state index is 0.0646. The van der Waals surface area contributed by atoms with Crippen molar-refractivity contribution >= 4 is 5.91 Å². The van der Waals surface area contributed by atoms with Crippen LogP contribution in [0.4, 0.5) is 0 Å². The molecule has 1 saturated heterocycles. The molecule has 2 aliphatic rings. The van der Waals surface area contributed by atoms with Gasteiger partial charge < -0.3 is 14.9 Å². The van der Waals surface area contributed by atoms with Gasteiger partial charge in [-0.25, -0.2) is 0 Å². The lowest BCUT2D eigenvalue weighted by molar-refractivity contribution is 0.0635. The number of aromatic nitrogens is 2. The second-order valence-electron chi connectivity index (χ2n) is 7.62. The molecule has 0 radical (unpaired) electrons. The topological polar surface area (TPSA) is 72.5 Å². The minimum absolute atomic E-state index is 0.0646. The summed E-state index contributed by atoms with van der Waals surface area (Å²) in [6.07, 6.45) is 9.11. The molecule has 1 aliphatic heterocycles. The predicted octanol–water partition coefficient (Wildman–Crippen LogP) is 2.38. The van der Waals surface area contributed by atoms with E-state index in [1.54, 1.807) is 0 Å². The Labute approximate surface area is 150 Å². The fourth-order valence-electron chi connectivity index (χ4n) is 4.24. The Morgan fingerprint density at radius 1 is 1.28 bits per heavy atom. The van der Waals surface area contributed by atoms with Crippen molar-refractivity contribution in [1.82, 2.24) is 20.0 Å². The molecule has 2 fully saturated rings. The van der Waals surface area contributed by atoms with Crippen LogP contribution < -0.4 is 0 Å². The van der Waals surface area contributed by atoms with Crippen molar-refractivity contribution in [3.05, 3.63) is 17.5 Å². The van der Waals surface area contributed by atoms with Gasteiger partial charge in [0.1, 0.15) is 5.69 Å². The van der Waals surface area contributed by atoms with Crippen LogP contribution in [0.25, 0.3) is 0 Å². The van der Waals surface area contributed by atoms with E-state index in [9.17, 15) is 4.79 Å². The number of carbonyl (C=O) groups excluding carboxylic acids is 1. The number of aromatic amines is 1. The average molecular weight is 348 g/mol. The summed E-state index contributed by atoms with van der Waals surface area (Å²) in [5.41, 5.74) is 1.72. The molecule has 0 atom stereocenters. The molecule has 3 rings (SSSR count). The number of aliphatic hydroxyl groups excluding tert-OH is 1. The molecule has 0 spiro atoms. The van der Waals surface area contributed by atoms with Crippen molar-refractivity contribution in [3.63, 3.8) is 0 Å². The molecule has 2 heterocycles. The van der Waals surface area contributed by atoms with Crippen molar-refractivity contribution in [3.8, 4) is 0 Å². The third-order valence-corrected chi connectivity index (χ3v) is 5.91. The zero-order chi connectivity index (χ0) is 17.6. The summed E-state index contributed by atoms with van der Waals surface area (Å²) in [6, 6.07) is 2.49. The molecule has 140 valence electrons. The number of H-pyrrole nitrogens is 1. The highest BCUT2D eigenvalue weighted by Crippen LogP contribution is 2.31. The van der Waals surface area contributed by atoms with E-state index in [-0.39, 0.29) is 12.5 Å². The highest BCUT2D eigenvalue weighted by Gasteiger charge is 2.27. The van der Waals surface area contributed by atoms with E-state index >= 15 is 0 Å². The molecule has 2 N–H and O–H groups in total. The molecule has 6 heteroatoms. The van der Waals surface area contributed by atoms with E-state index in [1.165, 1.54) is 32.1 Å². The summed E-state index contributed by atoms with van der Waals surface area (Å²) >= 11 is 0. The summed E-state index contributed by atoms with van der Waals surface area (Å²) in [6.45, 7) is 2.74. The number of piperidine rings is 1. The van der Waals surface area contributed by atoms with Crippen LogP contribution in [0.1, 0.15) is 73.5 Å². The maximum atomic E-state index is 12.7. The van der Waals surface area contributed by atoms with E-state index in [0.717, 1.165) is 44.6 Å². The Hall–Kier alpha value is -1.40. The normalized spacial score (nSPS) is 20.4. The number of carbonyl (C=O) groups is 1. The Kier molecular flexibility index (Phi) is 6.48. The summed E-state index contributed by atoms with van der Waals surface area (Å²) in [7, 11) is 2.11. The molecular formula is C19H32N4O2. The standard InChI is InChI=1S/C19H32N4O2/c1-22(10-5-13-24)16-8-11-23(12-9-16)19(25)18-14-17(20-21-18)15-6-3-2-4-7-15/h14-16,24H,2-13H2,1H3,(H,20,21). The van der Waals surface area contributed by atoms with Crippen LogP contribution in [-0.4, -0.2) is 70.3 Å². The number of hydrogen-bond acceptors (Lipinski definition) is 4. The van der Waals surface area contributed by atoms with E-state index in [1.807, 2.05) is 11.0 Å². The molecule has 1 aromatic heterocycles. The van der Waals surface area contributed by atoms with Crippen LogP contribution in [0.5, 0.6) is 0 Å². The van der Waals surface area contributed by atoms with E-state index in [4.69, 9.17) is 5.11 Å². The van der Waals surface area contributed by atoms with Gasteiger partial charge in [0.15, 0.2) is 0 Å². The van der Waals surface area contributed by atoms with Gasteiger partial charge in [-0.05, 0) is 45.2 Å². The number of amides is 1. The van der Waals surface area contributed by atoms with Crippen molar-refractivity contribution in [2.75, 3.05) is 33.3 Å². The first-order valence-electron chi connectivity index (χ1n) is 9.84. The second kappa shape index (κ2) is 8.81. The minimum Gasteiger partial charge on any atom is -0.396 e. The maximum Gasteiger partial charge on any atom is 0.274 e. The molecule has 0 unspecified atom stereocenters. The number of nitrogens with zero attached hydrogens (tertiary/aromatic N) is 3. The number of nitrogens with one attached hydrogen (secondary N) is 1.